The monoisotopic (exact) mass is 187 g/mol. The number of hydrogen-bond donors (Lipinski definition) is 5. The van der Waals surface area contributed by atoms with E-state index in [9.17, 15) is 9.59 Å². The third-order valence-electron chi connectivity index (χ3n) is 0.211. The molecule has 0 radical (unpaired) electrons. The zero-order valence-electron chi connectivity index (χ0n) is 5.04. The Morgan fingerprint density at radius 2 is 1.27 bits per heavy atom. The summed E-state index contributed by atoms with van der Waals surface area (Å²) in [6.45, 7) is 0. The minimum absolute atomic E-state index is 1.32. The molecule has 0 unspecified atom stereocenters. The van der Waals surface area contributed by atoms with E-state index in [4.69, 9.17) is 24.4 Å². The van der Waals surface area contributed by atoms with Crippen LogP contribution in [0.25, 0.3) is 0 Å². The quantitative estimate of drug-likeness (QED) is 0.209. The van der Waals surface area contributed by atoms with Gasteiger partial charge in [0.2, 0.25) is 0 Å². The molecule has 1 amide bonds. The van der Waals surface area contributed by atoms with Gasteiger partial charge in [0.25, 0.3) is 0 Å². The van der Waals surface area contributed by atoms with Gasteiger partial charge in [0.1, 0.15) is 0 Å². The zero-order valence-corrected chi connectivity index (χ0v) is 5.93. The molecule has 0 bridgehead atoms. The Kier molecular flexibility index (Phi) is 5.55. The van der Waals surface area contributed by atoms with E-state index in [0.717, 1.165) is 0 Å². The highest BCUT2D eigenvalue weighted by Gasteiger charge is 2.00. The van der Waals surface area contributed by atoms with Crippen molar-refractivity contribution in [1.82, 2.24) is 0 Å². The molecule has 0 saturated heterocycles. The average Bonchev–Trinajstić information content (AvgIpc) is 1.59. The highest BCUT2D eigenvalue weighted by atomic mass is 31.2. The van der Waals surface area contributed by atoms with Crippen LogP contribution in [0.4, 0.5) is 0 Å². The van der Waals surface area contributed by atoms with Crippen LogP contribution in [0.3, 0.4) is 0 Å². The summed E-state index contributed by atoms with van der Waals surface area (Å²) >= 11 is 0. The molecule has 6 N–H and O–H groups in total. The van der Waals surface area contributed by atoms with E-state index in [-0.39, 0.29) is 0 Å². The maximum Gasteiger partial charge on any atom is 0.466 e. The first-order valence-electron chi connectivity index (χ1n) is 1.95. The Bertz CT molecular complexity index is 172. The molecule has 0 fully saturated rings. The van der Waals surface area contributed by atoms with Crippen molar-refractivity contribution in [3.05, 3.63) is 0 Å². The van der Waals surface area contributed by atoms with Gasteiger partial charge in [-0.15, -0.1) is 0 Å². The van der Waals surface area contributed by atoms with Gasteiger partial charge in [-0.3, -0.25) is 4.79 Å². The second kappa shape index (κ2) is 4.80. The number of nitrogens with two attached hydrogens (primary N) is 1. The predicted molar refractivity (Wildman–Crippen MR) is 31.1 cm³/mol. The van der Waals surface area contributed by atoms with E-state index >= 15 is 0 Å². The third-order valence-corrected chi connectivity index (χ3v) is 0.211. The first kappa shape index (κ1) is 12.7. The lowest BCUT2D eigenvalue weighted by molar-refractivity contribution is -0.148. The highest BCUT2D eigenvalue weighted by molar-refractivity contribution is 7.45. The number of amides is 1. The van der Waals surface area contributed by atoms with Crippen LogP contribution >= 0.6 is 7.82 Å². The van der Waals surface area contributed by atoms with Gasteiger partial charge >= 0.3 is 19.7 Å². The number of primary amides is 1. The summed E-state index contributed by atoms with van der Waals surface area (Å²) in [5, 5.41) is 7.52. The van der Waals surface area contributed by atoms with Crippen molar-refractivity contribution in [1.29, 1.82) is 0 Å². The Hall–Kier alpha value is -0.950. The molecule has 0 aliphatic carbocycles. The van der Waals surface area contributed by atoms with E-state index < -0.39 is 19.7 Å². The maximum absolute atomic E-state index is 9.32. The van der Waals surface area contributed by atoms with Gasteiger partial charge in [-0.2, -0.15) is 0 Å². The van der Waals surface area contributed by atoms with Crippen LogP contribution in [0.1, 0.15) is 0 Å². The van der Waals surface area contributed by atoms with Crippen LogP contribution in [0.2, 0.25) is 0 Å². The molecule has 0 spiro atoms. The van der Waals surface area contributed by atoms with Gasteiger partial charge in [-0.05, 0) is 0 Å². The normalized spacial score (nSPS) is 9.36. The zero-order chi connectivity index (χ0) is 9.65. The van der Waals surface area contributed by atoms with Crippen molar-refractivity contribution >= 4 is 19.7 Å². The molecule has 0 atom stereocenters. The number of carbonyl (C=O) groups excluding carboxylic acids is 1. The Morgan fingerprint density at radius 1 is 1.18 bits per heavy atom. The molecule has 0 aliphatic heterocycles. The van der Waals surface area contributed by atoms with Crippen LogP contribution in [-0.4, -0.2) is 31.7 Å². The molecule has 9 heteroatoms. The fourth-order valence-electron chi connectivity index (χ4n) is 0. The maximum atomic E-state index is 9.32. The molecule has 0 heterocycles. The van der Waals surface area contributed by atoms with Crippen molar-refractivity contribution in [3.63, 3.8) is 0 Å². The van der Waals surface area contributed by atoms with Crippen LogP contribution in [0.5, 0.6) is 0 Å². The van der Waals surface area contributed by atoms with Gasteiger partial charge < -0.3 is 25.5 Å². The number of carboxylic acids is 1. The number of aliphatic carboxylic acids is 1. The Labute approximate surface area is 60.5 Å². The lowest BCUT2D eigenvalue weighted by atomic mass is 10.7. The predicted octanol–water partition coefficient (Wildman–Crippen LogP) is -2.37. The van der Waals surface area contributed by atoms with Gasteiger partial charge in [-0.25, -0.2) is 9.36 Å². The van der Waals surface area contributed by atoms with Gasteiger partial charge in [0, 0.05) is 0 Å². The second-order valence-electron chi connectivity index (χ2n) is 1.18. The van der Waals surface area contributed by atoms with Crippen molar-refractivity contribution in [2.45, 2.75) is 0 Å². The molecule has 11 heavy (non-hydrogen) atoms. The molecule has 0 aromatic rings. The van der Waals surface area contributed by atoms with E-state index in [1.54, 1.807) is 0 Å². The number of rotatable bonds is 0. The van der Waals surface area contributed by atoms with Crippen LogP contribution in [-0.2, 0) is 14.2 Å². The fourth-order valence-corrected chi connectivity index (χ4v) is 0. The molecule has 0 aromatic carbocycles. The van der Waals surface area contributed by atoms with Gasteiger partial charge in [0.05, 0.1) is 0 Å². The first-order chi connectivity index (χ1) is 4.64. The van der Waals surface area contributed by atoms with Crippen molar-refractivity contribution in [2.75, 3.05) is 0 Å². The van der Waals surface area contributed by atoms with Crippen molar-refractivity contribution < 1.29 is 33.9 Å². The molecule has 0 rings (SSSR count). The van der Waals surface area contributed by atoms with Crippen molar-refractivity contribution in [2.24, 2.45) is 5.73 Å². The number of hydrogen-bond acceptors (Lipinski definition) is 3. The van der Waals surface area contributed by atoms with E-state index in [2.05, 4.69) is 5.73 Å². The summed E-state index contributed by atoms with van der Waals surface area (Å²) in [5.41, 5.74) is 4.20. The molecule has 0 aromatic heterocycles. The van der Waals surface area contributed by atoms with Crippen LogP contribution < -0.4 is 5.73 Å². The summed E-state index contributed by atoms with van der Waals surface area (Å²) in [6.07, 6.45) is 0. The van der Waals surface area contributed by atoms with E-state index in [1.807, 2.05) is 0 Å². The minimum Gasteiger partial charge on any atom is -0.474 e. The lowest BCUT2D eigenvalue weighted by Crippen LogP contribution is -2.21. The third kappa shape index (κ3) is 48.4. The highest BCUT2D eigenvalue weighted by Crippen LogP contribution is 2.25. The molecular formula is C2H6NO7P. The molecular weight excluding hydrogens is 181 g/mol. The summed E-state index contributed by atoms with van der Waals surface area (Å²) in [6, 6.07) is 0. The second-order valence-corrected chi connectivity index (χ2v) is 2.21. The first-order valence-corrected chi connectivity index (χ1v) is 3.52. The number of phosphoric acid groups is 1. The summed E-state index contributed by atoms with van der Waals surface area (Å²) in [4.78, 5) is 40.1. The van der Waals surface area contributed by atoms with Gasteiger partial charge in [-0.1, -0.05) is 0 Å². The van der Waals surface area contributed by atoms with Crippen molar-refractivity contribution in [3.8, 4) is 0 Å². The molecule has 0 saturated carbocycles. The largest absolute Gasteiger partial charge is 0.474 e. The minimum atomic E-state index is -4.64. The average molecular weight is 187 g/mol. The Balaban J connectivity index is 0. The topological polar surface area (TPSA) is 158 Å². The van der Waals surface area contributed by atoms with E-state index in [0.29, 0.717) is 0 Å². The molecule has 8 nitrogen and oxygen atoms in total. The number of carboxylic acid groups (broad SMARTS) is 1. The fraction of sp³-hybridized carbons (Fsp3) is 0. The smallest absolute Gasteiger partial charge is 0.466 e. The lowest BCUT2D eigenvalue weighted by Gasteiger charge is -1.82. The summed E-state index contributed by atoms with van der Waals surface area (Å²) < 4.78 is 8.88. The SMILES string of the molecule is NC(=O)C(=O)O.O=P(O)(O)O. The van der Waals surface area contributed by atoms with Crippen LogP contribution in [0.15, 0.2) is 0 Å². The van der Waals surface area contributed by atoms with E-state index in [1.165, 1.54) is 0 Å². The summed E-state index contributed by atoms with van der Waals surface area (Å²) in [5.74, 6) is -2.93. The molecule has 0 aliphatic rings. The molecule has 66 valence electrons. The summed E-state index contributed by atoms with van der Waals surface area (Å²) in [7, 11) is -4.64. The number of carbonyl (C=O) groups is 2. The van der Waals surface area contributed by atoms with Gasteiger partial charge in [0.15, 0.2) is 0 Å². The standard InChI is InChI=1S/C2H3NO3.H3O4P/c3-1(4)2(5)6;1-5(2,3)4/h(H2,3,4)(H,5,6);(H3,1,2,3,4). The van der Waals surface area contributed by atoms with Crippen LogP contribution in [0, 0.1) is 0 Å². The Morgan fingerprint density at radius 3 is 1.27 bits per heavy atom.